The summed E-state index contributed by atoms with van der Waals surface area (Å²) >= 11 is 0. The molecule has 0 amide bonds. The second kappa shape index (κ2) is 7.20. The summed E-state index contributed by atoms with van der Waals surface area (Å²) in [5.74, 6) is 6.69. The molecule has 3 aromatic rings. The summed E-state index contributed by atoms with van der Waals surface area (Å²) in [6.07, 6.45) is 0. The number of nitrogens with zero attached hydrogens (tertiary/aromatic N) is 1. The van der Waals surface area contributed by atoms with Crippen molar-refractivity contribution in [2.24, 2.45) is 5.41 Å². The van der Waals surface area contributed by atoms with Gasteiger partial charge in [-0.1, -0.05) is 24.0 Å². The van der Waals surface area contributed by atoms with E-state index >= 15 is 0 Å². The van der Waals surface area contributed by atoms with E-state index in [1.807, 2.05) is 20.8 Å². The van der Waals surface area contributed by atoms with Crippen LogP contribution in [0.2, 0.25) is 0 Å². The van der Waals surface area contributed by atoms with E-state index in [1.54, 1.807) is 30.3 Å². The van der Waals surface area contributed by atoms with Crippen LogP contribution in [0.4, 0.5) is 5.69 Å². The molecule has 142 valence electrons. The molecular weight excluding hydrogens is 356 g/mol. The molecule has 28 heavy (non-hydrogen) atoms. The van der Waals surface area contributed by atoms with E-state index in [0.29, 0.717) is 11.3 Å². The molecule has 0 saturated heterocycles. The highest BCUT2D eigenvalue weighted by molar-refractivity contribution is 5.96. The van der Waals surface area contributed by atoms with E-state index in [4.69, 9.17) is 4.74 Å². The predicted octanol–water partition coefficient (Wildman–Crippen LogP) is 4.51. The number of benzene rings is 2. The Balaban J connectivity index is 2.17. The highest BCUT2D eigenvalue weighted by Gasteiger charge is 2.22. The van der Waals surface area contributed by atoms with Gasteiger partial charge in [0.15, 0.2) is 0 Å². The lowest BCUT2D eigenvalue weighted by Crippen LogP contribution is -2.10. The van der Waals surface area contributed by atoms with E-state index in [1.165, 1.54) is 19.2 Å². The zero-order valence-electron chi connectivity index (χ0n) is 16.1. The van der Waals surface area contributed by atoms with E-state index < -0.39 is 10.5 Å². The third kappa shape index (κ3) is 3.89. The fourth-order valence-electron chi connectivity index (χ4n) is 2.80. The minimum Gasteiger partial charge on any atom is -0.497 e. The minimum atomic E-state index is -0.479. The fraction of sp³-hybridized carbons (Fsp3) is 0.227. The number of aromatic nitrogens is 1. The Kier molecular flexibility index (Phi) is 4.93. The number of nitro groups is 1. The van der Waals surface area contributed by atoms with E-state index in [-0.39, 0.29) is 27.6 Å². The van der Waals surface area contributed by atoms with Crippen LogP contribution < -0.4 is 10.3 Å². The summed E-state index contributed by atoms with van der Waals surface area (Å²) < 4.78 is 5.12. The molecule has 1 aromatic heterocycles. The normalized spacial score (nSPS) is 11.0. The molecule has 3 rings (SSSR count). The Bertz CT molecular complexity index is 1170. The lowest BCUT2D eigenvalue weighted by Gasteiger charge is -2.08. The maximum Gasteiger partial charge on any atom is 0.301 e. The van der Waals surface area contributed by atoms with Crippen LogP contribution in [-0.2, 0) is 0 Å². The van der Waals surface area contributed by atoms with Gasteiger partial charge in [0.25, 0.3) is 5.56 Å². The molecule has 0 radical (unpaired) electrons. The van der Waals surface area contributed by atoms with Gasteiger partial charge in [0.05, 0.1) is 22.8 Å². The number of rotatable bonds is 3. The van der Waals surface area contributed by atoms with Crippen LogP contribution in [0.25, 0.3) is 22.0 Å². The molecule has 0 aliphatic heterocycles. The van der Waals surface area contributed by atoms with E-state index in [9.17, 15) is 14.9 Å². The summed E-state index contributed by atoms with van der Waals surface area (Å²) in [7, 11) is 1.47. The van der Waals surface area contributed by atoms with Crippen LogP contribution in [0.5, 0.6) is 5.75 Å². The highest BCUT2D eigenvalue weighted by atomic mass is 16.6. The van der Waals surface area contributed by atoms with Crippen LogP contribution >= 0.6 is 0 Å². The fourth-order valence-corrected chi connectivity index (χ4v) is 2.80. The van der Waals surface area contributed by atoms with Gasteiger partial charge >= 0.3 is 5.69 Å². The van der Waals surface area contributed by atoms with Crippen molar-refractivity contribution in [1.29, 1.82) is 0 Å². The van der Waals surface area contributed by atoms with Gasteiger partial charge in [0.2, 0.25) is 0 Å². The zero-order chi connectivity index (χ0) is 20.5. The Hall–Kier alpha value is -3.59. The summed E-state index contributed by atoms with van der Waals surface area (Å²) in [4.78, 5) is 26.5. The number of pyridine rings is 1. The molecule has 0 aliphatic carbocycles. The number of nitrogens with one attached hydrogen (secondary N) is 1. The van der Waals surface area contributed by atoms with Crippen LogP contribution in [0.1, 0.15) is 26.3 Å². The Morgan fingerprint density at radius 2 is 1.75 bits per heavy atom. The first-order valence-corrected chi connectivity index (χ1v) is 8.71. The second-order valence-corrected chi connectivity index (χ2v) is 7.42. The molecule has 1 heterocycles. The predicted molar refractivity (Wildman–Crippen MR) is 110 cm³/mol. The third-order valence-electron chi connectivity index (χ3n) is 4.14. The number of hydrogen-bond donors (Lipinski definition) is 1. The van der Waals surface area contributed by atoms with Gasteiger partial charge in [-0.2, -0.15) is 0 Å². The van der Waals surface area contributed by atoms with Gasteiger partial charge in [-0.05, 0) is 51.1 Å². The first-order chi connectivity index (χ1) is 13.2. The van der Waals surface area contributed by atoms with Gasteiger partial charge in [0, 0.05) is 16.5 Å². The Morgan fingerprint density at radius 3 is 2.32 bits per heavy atom. The van der Waals surface area contributed by atoms with Gasteiger partial charge in [-0.15, -0.1) is 0 Å². The molecule has 0 unspecified atom stereocenters. The average Bonchev–Trinajstić information content (AvgIpc) is 2.65. The summed E-state index contributed by atoms with van der Waals surface area (Å²) in [6.45, 7) is 6.06. The van der Waals surface area contributed by atoms with Crippen LogP contribution in [-0.4, -0.2) is 17.0 Å². The standard InChI is InChI=1S/C22H20N2O4/c1-22(2,3)12-11-14-5-7-15(8-6-14)19-20(24(26)27)17-10-9-16(28-4)13-18(17)21(25)23-19/h5-10,13H,1-4H3,(H,23,25). The Labute approximate surface area is 162 Å². The van der Waals surface area contributed by atoms with Crippen molar-refractivity contribution in [3.63, 3.8) is 0 Å². The number of hydrogen-bond acceptors (Lipinski definition) is 4. The number of fused-ring (bicyclic) bond motifs is 1. The van der Waals surface area contributed by atoms with Crippen molar-refractivity contribution in [1.82, 2.24) is 4.98 Å². The molecule has 0 fully saturated rings. The Morgan fingerprint density at radius 1 is 1.07 bits per heavy atom. The number of methoxy groups -OCH3 is 1. The maximum atomic E-state index is 12.5. The van der Waals surface area contributed by atoms with Crippen LogP contribution in [0.3, 0.4) is 0 Å². The second-order valence-electron chi connectivity index (χ2n) is 7.42. The first-order valence-electron chi connectivity index (χ1n) is 8.71. The van der Waals surface area contributed by atoms with Crippen molar-refractivity contribution < 1.29 is 9.66 Å². The molecule has 2 aromatic carbocycles. The topological polar surface area (TPSA) is 85.2 Å². The average molecular weight is 376 g/mol. The van der Waals surface area contributed by atoms with Crippen molar-refractivity contribution in [3.8, 4) is 28.8 Å². The number of aromatic amines is 1. The lowest BCUT2D eigenvalue weighted by molar-refractivity contribution is -0.382. The minimum absolute atomic E-state index is 0.123. The van der Waals surface area contributed by atoms with Gasteiger partial charge in [0.1, 0.15) is 11.4 Å². The summed E-state index contributed by atoms with van der Waals surface area (Å²) in [6, 6.07) is 11.7. The SMILES string of the molecule is COc1ccc2c([N+](=O)[O-])c(-c3ccc(C#CC(C)(C)C)cc3)[nH]c(=O)c2c1. The molecule has 0 aliphatic rings. The first kappa shape index (κ1) is 19.2. The molecule has 1 N–H and O–H groups in total. The van der Waals surface area contributed by atoms with Gasteiger partial charge < -0.3 is 9.72 Å². The summed E-state index contributed by atoms with van der Waals surface area (Å²) in [5, 5.41) is 12.3. The van der Waals surface area contributed by atoms with Crippen molar-refractivity contribution in [3.05, 3.63) is 68.5 Å². The summed E-state index contributed by atoms with van der Waals surface area (Å²) in [5.41, 5.74) is 0.833. The molecule has 0 atom stereocenters. The molecular formula is C22H20N2O4. The monoisotopic (exact) mass is 376 g/mol. The molecule has 0 spiro atoms. The van der Waals surface area contributed by atoms with E-state index in [0.717, 1.165) is 5.56 Å². The lowest BCUT2D eigenvalue weighted by atomic mass is 9.97. The largest absolute Gasteiger partial charge is 0.497 e. The molecule has 6 nitrogen and oxygen atoms in total. The zero-order valence-corrected chi connectivity index (χ0v) is 16.1. The highest BCUT2D eigenvalue weighted by Crippen LogP contribution is 2.34. The molecule has 0 bridgehead atoms. The van der Waals surface area contributed by atoms with Crippen molar-refractivity contribution in [2.45, 2.75) is 20.8 Å². The third-order valence-corrected chi connectivity index (χ3v) is 4.14. The number of H-pyrrole nitrogens is 1. The smallest absolute Gasteiger partial charge is 0.301 e. The quantitative estimate of drug-likeness (QED) is 0.414. The van der Waals surface area contributed by atoms with Gasteiger partial charge in [-0.25, -0.2) is 0 Å². The molecule has 0 saturated carbocycles. The maximum absolute atomic E-state index is 12.5. The van der Waals surface area contributed by atoms with E-state index in [2.05, 4.69) is 16.8 Å². The van der Waals surface area contributed by atoms with Crippen LogP contribution in [0.15, 0.2) is 47.3 Å². The van der Waals surface area contributed by atoms with Crippen molar-refractivity contribution in [2.75, 3.05) is 7.11 Å². The van der Waals surface area contributed by atoms with Crippen molar-refractivity contribution >= 4 is 16.5 Å². The molecule has 6 heteroatoms. The van der Waals surface area contributed by atoms with Gasteiger partial charge in [-0.3, -0.25) is 14.9 Å². The van der Waals surface area contributed by atoms with Crippen LogP contribution in [0, 0.1) is 27.4 Å². The number of ether oxygens (including phenoxy) is 1.